The molecule has 1 N–H and O–H groups in total. The summed E-state index contributed by atoms with van der Waals surface area (Å²) >= 11 is 0. The van der Waals surface area contributed by atoms with Crippen LogP contribution in [0.3, 0.4) is 0 Å². The molecule has 0 unspecified atom stereocenters. The van der Waals surface area contributed by atoms with Gasteiger partial charge in [-0.1, -0.05) is 18.2 Å². The minimum absolute atomic E-state index is 0.337. The van der Waals surface area contributed by atoms with Crippen molar-refractivity contribution in [1.82, 2.24) is 4.98 Å². The molecule has 0 saturated heterocycles. The first-order valence-electron chi connectivity index (χ1n) is 6.25. The number of carbonyl (C=O) groups is 1. The van der Waals surface area contributed by atoms with Crippen LogP contribution < -0.4 is 5.32 Å². The zero-order valence-electron chi connectivity index (χ0n) is 10.8. The molecular weight excluding hydrogens is 274 g/mol. The molecule has 0 saturated carbocycles. The Morgan fingerprint density at radius 1 is 1.05 bits per heavy atom. The molecule has 104 valence electrons. The van der Waals surface area contributed by atoms with Crippen molar-refractivity contribution in [2.75, 3.05) is 5.32 Å². The largest absolute Gasteiger partial charge is 0.321 e. The molecule has 1 heterocycles. The number of fused-ring (bicyclic) bond motifs is 1. The van der Waals surface area contributed by atoms with E-state index in [1.807, 2.05) is 6.07 Å². The fourth-order valence-electron chi connectivity index (χ4n) is 2.09. The van der Waals surface area contributed by atoms with Gasteiger partial charge in [0.2, 0.25) is 0 Å². The van der Waals surface area contributed by atoms with Crippen LogP contribution in [0.2, 0.25) is 0 Å². The topological polar surface area (TPSA) is 42.0 Å². The summed E-state index contributed by atoms with van der Waals surface area (Å²) in [4.78, 5) is 16.1. The SMILES string of the molecule is O=C(Nc1cccc2ccncc12)c1cccc(F)c1F. The van der Waals surface area contributed by atoms with Gasteiger partial charge in [0.1, 0.15) is 0 Å². The standard InChI is InChI=1S/C16H10F2N2O/c17-13-5-2-4-11(15(13)18)16(21)20-14-6-1-3-10-7-8-19-9-12(10)14/h1-9H,(H,20,21). The van der Waals surface area contributed by atoms with Gasteiger partial charge in [0.05, 0.1) is 11.3 Å². The third kappa shape index (κ3) is 2.45. The summed E-state index contributed by atoms with van der Waals surface area (Å²) < 4.78 is 26.8. The van der Waals surface area contributed by atoms with Gasteiger partial charge in [-0.2, -0.15) is 0 Å². The smallest absolute Gasteiger partial charge is 0.258 e. The van der Waals surface area contributed by atoms with Crippen molar-refractivity contribution < 1.29 is 13.6 Å². The van der Waals surface area contributed by atoms with Gasteiger partial charge in [0.25, 0.3) is 5.91 Å². The molecule has 3 rings (SSSR count). The predicted octanol–water partition coefficient (Wildman–Crippen LogP) is 3.77. The Bertz CT molecular complexity index is 828. The molecule has 0 aliphatic heterocycles. The van der Waals surface area contributed by atoms with Crippen LogP contribution in [0.1, 0.15) is 10.4 Å². The highest BCUT2D eigenvalue weighted by Gasteiger charge is 2.15. The van der Waals surface area contributed by atoms with E-state index in [1.165, 1.54) is 12.1 Å². The van der Waals surface area contributed by atoms with Crippen LogP contribution in [0.15, 0.2) is 54.9 Å². The molecule has 0 aliphatic carbocycles. The maximum atomic E-state index is 13.6. The van der Waals surface area contributed by atoms with Gasteiger partial charge in [-0.3, -0.25) is 9.78 Å². The Balaban J connectivity index is 1.99. The molecule has 5 heteroatoms. The van der Waals surface area contributed by atoms with E-state index in [0.29, 0.717) is 5.69 Å². The molecule has 1 amide bonds. The fraction of sp³-hybridized carbons (Fsp3) is 0. The third-order valence-electron chi connectivity index (χ3n) is 3.13. The van der Waals surface area contributed by atoms with Crippen molar-refractivity contribution in [3.8, 4) is 0 Å². The second kappa shape index (κ2) is 5.28. The number of pyridine rings is 1. The van der Waals surface area contributed by atoms with Crippen molar-refractivity contribution in [2.45, 2.75) is 0 Å². The predicted molar refractivity (Wildman–Crippen MR) is 76.1 cm³/mol. The summed E-state index contributed by atoms with van der Waals surface area (Å²) in [7, 11) is 0. The average Bonchev–Trinajstić information content (AvgIpc) is 2.50. The van der Waals surface area contributed by atoms with Crippen molar-refractivity contribution >= 4 is 22.4 Å². The minimum Gasteiger partial charge on any atom is -0.321 e. The highest BCUT2D eigenvalue weighted by atomic mass is 19.2. The number of aromatic nitrogens is 1. The van der Waals surface area contributed by atoms with Gasteiger partial charge in [0, 0.05) is 17.8 Å². The molecule has 21 heavy (non-hydrogen) atoms. The number of halogens is 2. The monoisotopic (exact) mass is 284 g/mol. The number of nitrogens with one attached hydrogen (secondary N) is 1. The molecule has 1 aromatic heterocycles. The third-order valence-corrected chi connectivity index (χ3v) is 3.13. The van der Waals surface area contributed by atoms with Crippen LogP contribution in [0.25, 0.3) is 10.8 Å². The number of carbonyl (C=O) groups excluding carboxylic acids is 1. The van der Waals surface area contributed by atoms with E-state index in [9.17, 15) is 13.6 Å². The normalized spacial score (nSPS) is 10.6. The van der Waals surface area contributed by atoms with Gasteiger partial charge < -0.3 is 5.32 Å². The molecule has 0 spiro atoms. The number of hydrogen-bond donors (Lipinski definition) is 1. The zero-order valence-corrected chi connectivity index (χ0v) is 10.8. The Morgan fingerprint density at radius 2 is 1.86 bits per heavy atom. The molecule has 0 bridgehead atoms. The molecule has 2 aromatic carbocycles. The first kappa shape index (κ1) is 13.2. The average molecular weight is 284 g/mol. The first-order chi connectivity index (χ1) is 10.2. The van der Waals surface area contributed by atoms with Gasteiger partial charge >= 0.3 is 0 Å². The van der Waals surface area contributed by atoms with Gasteiger partial charge in [-0.05, 0) is 29.7 Å². The number of rotatable bonds is 2. The van der Waals surface area contributed by atoms with Crippen molar-refractivity contribution in [3.63, 3.8) is 0 Å². The molecule has 0 atom stereocenters. The van der Waals surface area contributed by atoms with E-state index in [1.54, 1.807) is 30.6 Å². The second-order valence-corrected chi connectivity index (χ2v) is 4.46. The fourth-order valence-corrected chi connectivity index (χ4v) is 2.09. The summed E-state index contributed by atoms with van der Waals surface area (Å²) in [6.45, 7) is 0. The van der Waals surface area contributed by atoms with Crippen LogP contribution in [-0.2, 0) is 0 Å². The number of nitrogens with zero attached hydrogens (tertiary/aromatic N) is 1. The molecule has 0 radical (unpaired) electrons. The summed E-state index contributed by atoms with van der Waals surface area (Å²) in [5.41, 5.74) is 0.158. The van der Waals surface area contributed by atoms with Gasteiger partial charge in [-0.15, -0.1) is 0 Å². The van der Waals surface area contributed by atoms with E-state index < -0.39 is 17.5 Å². The van der Waals surface area contributed by atoms with E-state index in [0.717, 1.165) is 16.8 Å². The lowest BCUT2D eigenvalue weighted by atomic mass is 10.1. The van der Waals surface area contributed by atoms with Crippen molar-refractivity contribution in [3.05, 3.63) is 72.1 Å². The van der Waals surface area contributed by atoms with E-state index in [4.69, 9.17) is 0 Å². The zero-order chi connectivity index (χ0) is 14.8. The molecule has 0 aliphatic rings. The van der Waals surface area contributed by atoms with Gasteiger partial charge in [0.15, 0.2) is 11.6 Å². The highest BCUT2D eigenvalue weighted by molar-refractivity contribution is 6.09. The summed E-state index contributed by atoms with van der Waals surface area (Å²) in [6.07, 6.45) is 3.24. The molecular formula is C16H10F2N2O. The van der Waals surface area contributed by atoms with Crippen LogP contribution >= 0.6 is 0 Å². The Labute approximate surface area is 119 Å². The molecule has 0 fully saturated rings. The summed E-state index contributed by atoms with van der Waals surface area (Å²) in [5, 5.41) is 4.20. The number of hydrogen-bond acceptors (Lipinski definition) is 2. The number of anilines is 1. The highest BCUT2D eigenvalue weighted by Crippen LogP contribution is 2.23. The van der Waals surface area contributed by atoms with E-state index >= 15 is 0 Å². The maximum absolute atomic E-state index is 13.6. The lowest BCUT2D eigenvalue weighted by molar-refractivity contribution is 0.102. The molecule has 3 aromatic rings. The summed E-state index contributed by atoms with van der Waals surface area (Å²) in [5.74, 6) is -2.92. The summed E-state index contributed by atoms with van der Waals surface area (Å²) in [6, 6.07) is 10.6. The lowest BCUT2D eigenvalue weighted by Crippen LogP contribution is -2.14. The van der Waals surface area contributed by atoms with Crippen LogP contribution in [0.4, 0.5) is 14.5 Å². The Morgan fingerprint density at radius 3 is 2.71 bits per heavy atom. The van der Waals surface area contributed by atoms with Crippen LogP contribution in [0.5, 0.6) is 0 Å². The van der Waals surface area contributed by atoms with Crippen LogP contribution in [-0.4, -0.2) is 10.9 Å². The minimum atomic E-state index is -1.16. The van der Waals surface area contributed by atoms with E-state index in [2.05, 4.69) is 10.3 Å². The first-order valence-corrected chi connectivity index (χ1v) is 6.25. The van der Waals surface area contributed by atoms with E-state index in [-0.39, 0.29) is 5.56 Å². The quantitative estimate of drug-likeness (QED) is 0.778. The number of amides is 1. The Hall–Kier alpha value is -2.82. The maximum Gasteiger partial charge on any atom is 0.258 e. The number of benzene rings is 2. The van der Waals surface area contributed by atoms with Crippen molar-refractivity contribution in [1.29, 1.82) is 0 Å². The second-order valence-electron chi connectivity index (χ2n) is 4.46. The van der Waals surface area contributed by atoms with Crippen LogP contribution in [0, 0.1) is 11.6 Å². The van der Waals surface area contributed by atoms with Gasteiger partial charge in [-0.25, -0.2) is 8.78 Å². The van der Waals surface area contributed by atoms with Crippen molar-refractivity contribution in [2.24, 2.45) is 0 Å². The Kier molecular flexibility index (Phi) is 3.31. The lowest BCUT2D eigenvalue weighted by Gasteiger charge is -2.09. The molecule has 3 nitrogen and oxygen atoms in total.